The van der Waals surface area contributed by atoms with E-state index in [4.69, 9.17) is 0 Å². The van der Waals surface area contributed by atoms with E-state index in [-0.39, 0.29) is 55.6 Å². The minimum atomic E-state index is -3.90. The first kappa shape index (κ1) is 33.0. The molecule has 1 aliphatic rings. The van der Waals surface area contributed by atoms with Crippen molar-refractivity contribution in [2.24, 2.45) is 0 Å². The molecule has 4 rings (SSSR count). The van der Waals surface area contributed by atoms with Crippen molar-refractivity contribution < 1.29 is 31.2 Å². The summed E-state index contributed by atoms with van der Waals surface area (Å²) >= 11 is 0. The molecule has 0 aromatic heterocycles. The van der Waals surface area contributed by atoms with E-state index in [9.17, 15) is 31.2 Å². The van der Waals surface area contributed by atoms with Crippen LogP contribution < -0.4 is 9.62 Å². The Bertz CT molecular complexity index is 1530. The highest BCUT2D eigenvalue weighted by Gasteiger charge is 2.32. The number of nitrogens with one attached hydrogen (secondary N) is 1. The molecule has 1 atom stereocenters. The maximum atomic E-state index is 14.8. The van der Waals surface area contributed by atoms with Gasteiger partial charge in [-0.25, -0.2) is 21.6 Å². The first-order valence-electron chi connectivity index (χ1n) is 14.8. The van der Waals surface area contributed by atoms with Gasteiger partial charge in [0.15, 0.2) is 11.6 Å². The number of hydrogen-bond acceptors (Lipinski definition) is 4. The number of benzene rings is 3. The van der Waals surface area contributed by atoms with Crippen molar-refractivity contribution in [2.45, 2.75) is 70.0 Å². The number of nitrogens with zero attached hydrogens (tertiary/aromatic N) is 2. The molecule has 236 valence electrons. The molecule has 3 aromatic carbocycles. The lowest BCUT2D eigenvalue weighted by Crippen LogP contribution is -2.53. The van der Waals surface area contributed by atoms with E-state index < -0.39 is 39.4 Å². The molecule has 0 spiro atoms. The fourth-order valence-electron chi connectivity index (χ4n) is 5.55. The molecule has 1 fully saturated rings. The Balaban J connectivity index is 1.60. The summed E-state index contributed by atoms with van der Waals surface area (Å²) in [4.78, 5) is 29.1. The Morgan fingerprint density at radius 3 is 2.23 bits per heavy atom. The van der Waals surface area contributed by atoms with E-state index in [1.165, 1.54) is 11.0 Å². The second-order valence-electron chi connectivity index (χ2n) is 11.2. The van der Waals surface area contributed by atoms with Gasteiger partial charge in [-0.15, -0.1) is 0 Å². The van der Waals surface area contributed by atoms with Gasteiger partial charge in [-0.05, 0) is 43.0 Å². The van der Waals surface area contributed by atoms with E-state index in [1.54, 1.807) is 18.2 Å². The van der Waals surface area contributed by atoms with E-state index in [0.717, 1.165) is 66.4 Å². The molecule has 7 nitrogen and oxygen atoms in total. The van der Waals surface area contributed by atoms with Gasteiger partial charge in [-0.3, -0.25) is 13.9 Å². The molecule has 1 aliphatic carbocycles. The van der Waals surface area contributed by atoms with Crippen LogP contribution in [0.25, 0.3) is 0 Å². The molecule has 11 heteroatoms. The fourth-order valence-corrected chi connectivity index (χ4v) is 6.51. The summed E-state index contributed by atoms with van der Waals surface area (Å²) in [5.74, 6) is -3.62. The van der Waals surface area contributed by atoms with Crippen molar-refractivity contribution >= 4 is 27.5 Å². The summed E-state index contributed by atoms with van der Waals surface area (Å²) < 4.78 is 68.2. The van der Waals surface area contributed by atoms with Gasteiger partial charge in [0.05, 0.1) is 11.9 Å². The van der Waals surface area contributed by atoms with Crippen LogP contribution in [-0.2, 0) is 32.6 Å². The summed E-state index contributed by atoms with van der Waals surface area (Å²) in [6.45, 7) is -0.360. The third-order valence-electron chi connectivity index (χ3n) is 7.86. The number of amides is 2. The number of rotatable bonds is 13. The minimum absolute atomic E-state index is 0.0145. The van der Waals surface area contributed by atoms with Gasteiger partial charge in [0.25, 0.3) is 0 Å². The Morgan fingerprint density at radius 2 is 1.57 bits per heavy atom. The molecule has 0 radical (unpaired) electrons. The van der Waals surface area contributed by atoms with Crippen molar-refractivity contribution in [2.75, 3.05) is 17.1 Å². The molecule has 0 heterocycles. The van der Waals surface area contributed by atoms with Crippen LogP contribution in [0.5, 0.6) is 0 Å². The molecular formula is C33H38F3N3O4S. The Labute approximate surface area is 257 Å². The average molecular weight is 630 g/mol. The summed E-state index contributed by atoms with van der Waals surface area (Å²) in [5.41, 5.74) is 0.990. The Hall–Kier alpha value is -3.86. The van der Waals surface area contributed by atoms with Crippen LogP contribution in [0, 0.1) is 17.5 Å². The molecule has 1 N–H and O–H groups in total. The monoisotopic (exact) mass is 629 g/mol. The highest BCUT2D eigenvalue weighted by atomic mass is 32.2. The lowest BCUT2D eigenvalue weighted by Gasteiger charge is -2.34. The lowest BCUT2D eigenvalue weighted by molar-refractivity contribution is -0.141. The van der Waals surface area contributed by atoms with Crippen molar-refractivity contribution in [1.29, 1.82) is 0 Å². The van der Waals surface area contributed by atoms with Crippen LogP contribution in [0.3, 0.4) is 0 Å². The molecule has 0 aliphatic heterocycles. The molecular weight excluding hydrogens is 591 g/mol. The quantitative estimate of drug-likeness (QED) is 0.261. The normalized spacial score (nSPS) is 14.5. The zero-order valence-corrected chi connectivity index (χ0v) is 25.5. The van der Waals surface area contributed by atoms with E-state index in [0.29, 0.717) is 0 Å². The Morgan fingerprint density at radius 1 is 0.886 bits per heavy atom. The van der Waals surface area contributed by atoms with Gasteiger partial charge in [0.2, 0.25) is 21.8 Å². The van der Waals surface area contributed by atoms with Crippen LogP contribution in [-0.4, -0.2) is 50.0 Å². The predicted molar refractivity (Wildman–Crippen MR) is 164 cm³/mol. The van der Waals surface area contributed by atoms with Crippen LogP contribution >= 0.6 is 0 Å². The van der Waals surface area contributed by atoms with Crippen molar-refractivity contribution in [1.82, 2.24) is 10.2 Å². The summed E-state index contributed by atoms with van der Waals surface area (Å²) in [7, 11) is -3.90. The van der Waals surface area contributed by atoms with Crippen LogP contribution in [0.2, 0.25) is 0 Å². The molecule has 2 amide bonds. The maximum absolute atomic E-state index is 14.8. The number of carbonyl (C=O) groups is 2. The predicted octanol–water partition coefficient (Wildman–Crippen LogP) is 5.74. The molecule has 1 saturated carbocycles. The molecule has 0 saturated heterocycles. The smallest absolute Gasteiger partial charge is 0.243 e. The number of halogens is 3. The summed E-state index contributed by atoms with van der Waals surface area (Å²) in [5, 5.41) is 3.12. The Kier molecular flexibility index (Phi) is 11.4. The molecule has 0 bridgehead atoms. The van der Waals surface area contributed by atoms with Gasteiger partial charge >= 0.3 is 0 Å². The first-order valence-corrected chi connectivity index (χ1v) is 16.7. The maximum Gasteiger partial charge on any atom is 0.243 e. The minimum Gasteiger partial charge on any atom is -0.352 e. The average Bonchev–Trinajstić information content (AvgIpc) is 3.00. The van der Waals surface area contributed by atoms with Crippen molar-refractivity contribution in [3.63, 3.8) is 0 Å². The molecule has 1 unspecified atom stereocenters. The fraction of sp³-hybridized carbons (Fsp3) is 0.394. The zero-order chi connectivity index (χ0) is 31.7. The first-order chi connectivity index (χ1) is 21.0. The topological polar surface area (TPSA) is 86.8 Å². The number of hydrogen-bond donors (Lipinski definition) is 1. The number of anilines is 1. The van der Waals surface area contributed by atoms with E-state index >= 15 is 0 Å². The van der Waals surface area contributed by atoms with E-state index in [2.05, 4.69) is 5.32 Å². The van der Waals surface area contributed by atoms with Crippen molar-refractivity contribution in [3.8, 4) is 0 Å². The van der Waals surface area contributed by atoms with Crippen molar-refractivity contribution in [3.05, 3.63) is 101 Å². The van der Waals surface area contributed by atoms with Crippen LogP contribution in [0.4, 0.5) is 18.9 Å². The standard InChI is InChI=1S/C33H38F3N3O4S/c1-44(42,43)39(27-18-19-29(35)30(36)22-27)20-10-17-32(40)38(23-25-13-8-9-16-28(25)34)31(21-24-11-4-2-5-12-24)33(41)37-26-14-6-3-7-15-26/h2,4-5,8-9,11-13,16,18-19,22,26,31H,3,6-7,10,14-15,17,20-21,23H2,1H3,(H,37,41). The highest BCUT2D eigenvalue weighted by Crippen LogP contribution is 2.23. The molecule has 44 heavy (non-hydrogen) atoms. The van der Waals surface area contributed by atoms with E-state index in [1.807, 2.05) is 30.3 Å². The van der Waals surface area contributed by atoms with Crippen LogP contribution in [0.15, 0.2) is 72.8 Å². The van der Waals surface area contributed by atoms with Crippen LogP contribution in [0.1, 0.15) is 56.1 Å². The summed E-state index contributed by atoms with van der Waals surface area (Å²) in [6, 6.07) is 17.1. The number of carbonyl (C=O) groups excluding carboxylic acids is 2. The van der Waals surface area contributed by atoms with Gasteiger partial charge in [-0.1, -0.05) is 67.8 Å². The van der Waals surface area contributed by atoms with Gasteiger partial charge in [-0.2, -0.15) is 0 Å². The zero-order valence-electron chi connectivity index (χ0n) is 24.7. The van der Waals surface area contributed by atoms with Gasteiger partial charge in [0.1, 0.15) is 11.9 Å². The third-order valence-corrected chi connectivity index (χ3v) is 9.06. The second-order valence-corrected chi connectivity index (χ2v) is 13.1. The largest absolute Gasteiger partial charge is 0.352 e. The highest BCUT2D eigenvalue weighted by molar-refractivity contribution is 7.92. The lowest BCUT2D eigenvalue weighted by atomic mass is 9.94. The SMILES string of the molecule is CS(=O)(=O)N(CCCC(=O)N(Cc1ccccc1F)C(Cc1ccccc1)C(=O)NC1CCCCC1)c1ccc(F)c(F)c1. The second kappa shape index (κ2) is 15.2. The van der Waals surface area contributed by atoms with Gasteiger partial charge in [0, 0.05) is 43.6 Å². The van der Waals surface area contributed by atoms with Gasteiger partial charge < -0.3 is 10.2 Å². The third kappa shape index (κ3) is 9.07. The summed E-state index contributed by atoms with van der Waals surface area (Å²) in [6.07, 6.45) is 5.77. The number of sulfonamides is 1. The molecule has 3 aromatic rings.